The zero-order chi connectivity index (χ0) is 11.8. The van der Waals surface area contributed by atoms with Crippen LogP contribution in [0.15, 0.2) is 51.4 Å². The molecular weight excluding hydrogens is 302 g/mol. The summed E-state index contributed by atoms with van der Waals surface area (Å²) in [5.74, 6) is 0.578. The van der Waals surface area contributed by atoms with Gasteiger partial charge in [-0.05, 0) is 46.3 Å². The van der Waals surface area contributed by atoms with Gasteiger partial charge < -0.3 is 4.42 Å². The highest BCUT2D eigenvalue weighted by molar-refractivity contribution is 9.10. The molecule has 0 bridgehead atoms. The van der Waals surface area contributed by atoms with Gasteiger partial charge in [0.15, 0.2) is 5.58 Å². The van der Waals surface area contributed by atoms with Crippen LogP contribution in [0.3, 0.4) is 0 Å². The number of aromatic nitrogens is 1. The van der Waals surface area contributed by atoms with Gasteiger partial charge in [0.1, 0.15) is 5.52 Å². The standard InChI is InChI=1S/C13H7BrClNO/c14-10-5-2-6-11-12(10)17-13(16-11)8-3-1-4-9(15)7-8/h1-7H. The Morgan fingerprint density at radius 1 is 1.12 bits per heavy atom. The molecule has 0 saturated heterocycles. The lowest BCUT2D eigenvalue weighted by Gasteiger charge is -1.94. The maximum atomic E-state index is 5.95. The first-order valence-electron chi connectivity index (χ1n) is 5.05. The minimum Gasteiger partial charge on any atom is -0.435 e. The number of benzene rings is 2. The van der Waals surface area contributed by atoms with Gasteiger partial charge in [0.25, 0.3) is 0 Å². The minimum absolute atomic E-state index is 0.578. The highest BCUT2D eigenvalue weighted by atomic mass is 79.9. The van der Waals surface area contributed by atoms with Crippen molar-refractivity contribution in [1.29, 1.82) is 0 Å². The van der Waals surface area contributed by atoms with Gasteiger partial charge in [-0.1, -0.05) is 23.7 Å². The predicted molar refractivity (Wildman–Crippen MR) is 72.2 cm³/mol. The molecule has 0 radical (unpaired) electrons. The van der Waals surface area contributed by atoms with E-state index in [4.69, 9.17) is 16.0 Å². The fourth-order valence-corrected chi connectivity index (χ4v) is 2.29. The molecule has 2 nitrogen and oxygen atoms in total. The summed E-state index contributed by atoms with van der Waals surface area (Å²) in [6, 6.07) is 13.2. The van der Waals surface area contributed by atoms with E-state index >= 15 is 0 Å². The third kappa shape index (κ3) is 1.96. The highest BCUT2D eigenvalue weighted by Gasteiger charge is 2.10. The third-order valence-electron chi connectivity index (χ3n) is 2.44. The average Bonchev–Trinajstić information content (AvgIpc) is 2.74. The monoisotopic (exact) mass is 307 g/mol. The molecule has 1 heterocycles. The second-order valence-electron chi connectivity index (χ2n) is 3.62. The zero-order valence-electron chi connectivity index (χ0n) is 8.65. The van der Waals surface area contributed by atoms with E-state index in [1.807, 2.05) is 42.5 Å². The molecule has 0 saturated carbocycles. The normalized spacial score (nSPS) is 10.9. The summed E-state index contributed by atoms with van der Waals surface area (Å²) < 4.78 is 6.62. The fourth-order valence-electron chi connectivity index (χ4n) is 1.66. The van der Waals surface area contributed by atoms with Gasteiger partial charge in [-0.2, -0.15) is 0 Å². The number of hydrogen-bond acceptors (Lipinski definition) is 2. The van der Waals surface area contributed by atoms with Crippen LogP contribution in [0.2, 0.25) is 5.02 Å². The Morgan fingerprint density at radius 2 is 1.94 bits per heavy atom. The Morgan fingerprint density at radius 3 is 2.71 bits per heavy atom. The maximum absolute atomic E-state index is 5.95. The van der Waals surface area contributed by atoms with E-state index in [1.165, 1.54) is 0 Å². The maximum Gasteiger partial charge on any atom is 0.227 e. The summed E-state index contributed by atoms with van der Waals surface area (Å²) in [5, 5.41) is 0.670. The van der Waals surface area contributed by atoms with Gasteiger partial charge in [0.05, 0.1) is 4.47 Å². The molecule has 0 N–H and O–H groups in total. The third-order valence-corrected chi connectivity index (χ3v) is 3.30. The summed E-state index contributed by atoms with van der Waals surface area (Å²) in [6.07, 6.45) is 0. The molecule has 17 heavy (non-hydrogen) atoms. The van der Waals surface area contributed by atoms with Gasteiger partial charge >= 0.3 is 0 Å². The van der Waals surface area contributed by atoms with Gasteiger partial charge in [-0.3, -0.25) is 0 Å². The number of nitrogens with zero attached hydrogens (tertiary/aromatic N) is 1. The van der Waals surface area contributed by atoms with Crippen LogP contribution in [0.4, 0.5) is 0 Å². The molecule has 0 aliphatic carbocycles. The number of fused-ring (bicyclic) bond motifs is 1. The van der Waals surface area contributed by atoms with Gasteiger partial charge in [-0.25, -0.2) is 4.98 Å². The van der Waals surface area contributed by atoms with E-state index in [1.54, 1.807) is 0 Å². The second-order valence-corrected chi connectivity index (χ2v) is 4.91. The SMILES string of the molecule is Clc1cccc(-c2nc3cccc(Br)c3o2)c1. The first-order chi connectivity index (χ1) is 8.24. The van der Waals surface area contributed by atoms with Crippen molar-refractivity contribution in [2.45, 2.75) is 0 Å². The van der Waals surface area contributed by atoms with Crippen molar-refractivity contribution in [3.8, 4) is 11.5 Å². The summed E-state index contributed by atoms with van der Waals surface area (Å²) in [5.41, 5.74) is 2.46. The minimum atomic E-state index is 0.578. The lowest BCUT2D eigenvalue weighted by Crippen LogP contribution is -1.76. The molecule has 0 amide bonds. The molecule has 0 atom stereocenters. The van der Waals surface area contributed by atoms with Gasteiger partial charge in [0.2, 0.25) is 5.89 Å². The molecule has 3 rings (SSSR count). The van der Waals surface area contributed by atoms with Crippen molar-refractivity contribution in [3.05, 3.63) is 52.0 Å². The van der Waals surface area contributed by atoms with E-state index in [-0.39, 0.29) is 0 Å². The van der Waals surface area contributed by atoms with Gasteiger partial charge in [0, 0.05) is 10.6 Å². The number of halogens is 2. The largest absolute Gasteiger partial charge is 0.435 e. The molecule has 0 aliphatic rings. The predicted octanol–water partition coefficient (Wildman–Crippen LogP) is 4.91. The van der Waals surface area contributed by atoms with Crippen LogP contribution in [0.1, 0.15) is 0 Å². The van der Waals surface area contributed by atoms with Crippen LogP contribution in [0, 0.1) is 0 Å². The van der Waals surface area contributed by atoms with Gasteiger partial charge in [-0.15, -0.1) is 0 Å². The lowest BCUT2D eigenvalue weighted by atomic mass is 10.2. The first-order valence-corrected chi connectivity index (χ1v) is 6.22. The molecule has 0 unspecified atom stereocenters. The van der Waals surface area contributed by atoms with Crippen molar-refractivity contribution >= 4 is 38.6 Å². The fraction of sp³-hybridized carbons (Fsp3) is 0. The first kappa shape index (κ1) is 10.8. The number of oxazole rings is 1. The Balaban J connectivity index is 2.22. The molecular formula is C13H7BrClNO. The molecule has 4 heteroatoms. The molecule has 3 aromatic rings. The van der Waals surface area contributed by atoms with Crippen LogP contribution < -0.4 is 0 Å². The Labute approximate surface area is 111 Å². The van der Waals surface area contributed by atoms with Crippen LogP contribution in [0.5, 0.6) is 0 Å². The Hall–Kier alpha value is -1.32. The lowest BCUT2D eigenvalue weighted by molar-refractivity contribution is 0.618. The van der Waals surface area contributed by atoms with Crippen molar-refractivity contribution in [2.24, 2.45) is 0 Å². The van der Waals surface area contributed by atoms with Crippen LogP contribution in [-0.4, -0.2) is 4.98 Å². The smallest absolute Gasteiger partial charge is 0.227 e. The summed E-state index contributed by atoms with van der Waals surface area (Å²) in [4.78, 5) is 4.43. The summed E-state index contributed by atoms with van der Waals surface area (Å²) in [7, 11) is 0. The van der Waals surface area contributed by atoms with Crippen LogP contribution in [-0.2, 0) is 0 Å². The van der Waals surface area contributed by atoms with Crippen molar-refractivity contribution in [3.63, 3.8) is 0 Å². The molecule has 0 fully saturated rings. The van der Waals surface area contributed by atoms with Crippen LogP contribution >= 0.6 is 27.5 Å². The number of para-hydroxylation sites is 1. The van der Waals surface area contributed by atoms with Crippen molar-refractivity contribution in [1.82, 2.24) is 4.98 Å². The average molecular weight is 309 g/mol. The summed E-state index contributed by atoms with van der Waals surface area (Å²) >= 11 is 9.38. The van der Waals surface area contributed by atoms with E-state index in [0.29, 0.717) is 10.9 Å². The van der Waals surface area contributed by atoms with E-state index in [9.17, 15) is 0 Å². The molecule has 0 spiro atoms. The quantitative estimate of drug-likeness (QED) is 0.638. The van der Waals surface area contributed by atoms with E-state index in [0.717, 1.165) is 21.1 Å². The molecule has 84 valence electrons. The highest BCUT2D eigenvalue weighted by Crippen LogP contribution is 2.29. The van der Waals surface area contributed by atoms with Crippen molar-refractivity contribution in [2.75, 3.05) is 0 Å². The molecule has 1 aromatic heterocycles. The molecule has 2 aromatic carbocycles. The van der Waals surface area contributed by atoms with Crippen LogP contribution in [0.25, 0.3) is 22.6 Å². The van der Waals surface area contributed by atoms with Crippen molar-refractivity contribution < 1.29 is 4.42 Å². The van der Waals surface area contributed by atoms with E-state index in [2.05, 4.69) is 20.9 Å². The Kier molecular flexibility index (Phi) is 2.65. The topological polar surface area (TPSA) is 26.0 Å². The van der Waals surface area contributed by atoms with E-state index < -0.39 is 0 Å². The number of hydrogen-bond donors (Lipinski definition) is 0. The summed E-state index contributed by atoms with van der Waals surface area (Å²) in [6.45, 7) is 0. The number of rotatable bonds is 1. The zero-order valence-corrected chi connectivity index (χ0v) is 11.0. The second kappa shape index (κ2) is 4.17. The molecule has 0 aliphatic heterocycles. The Bertz CT molecular complexity index is 693.